The molecule has 0 amide bonds. The van der Waals surface area contributed by atoms with Crippen LogP contribution in [0.15, 0.2) is 34.9 Å². The summed E-state index contributed by atoms with van der Waals surface area (Å²) in [5.74, 6) is 2.38. The van der Waals surface area contributed by atoms with Gasteiger partial charge >= 0.3 is 0 Å². The average Bonchev–Trinajstić information content (AvgIpc) is 2.86. The molecule has 5 nitrogen and oxygen atoms in total. The van der Waals surface area contributed by atoms with E-state index < -0.39 is 0 Å². The van der Waals surface area contributed by atoms with Crippen molar-refractivity contribution in [2.75, 3.05) is 19.8 Å². The third-order valence-electron chi connectivity index (χ3n) is 2.66. The van der Waals surface area contributed by atoms with Crippen molar-refractivity contribution in [3.8, 4) is 11.5 Å². The normalized spacial score (nSPS) is 10.5. The second kappa shape index (κ2) is 7.55. The van der Waals surface area contributed by atoms with Gasteiger partial charge in [0.15, 0.2) is 17.3 Å². The number of benzene rings is 1. The van der Waals surface area contributed by atoms with Crippen molar-refractivity contribution in [2.24, 2.45) is 0 Å². The minimum atomic E-state index is 0.567. The SMILES string of the molecule is CCOc1ccccc1OCCNCc1cc(C)no1. The van der Waals surface area contributed by atoms with E-state index in [0.29, 0.717) is 19.8 Å². The van der Waals surface area contributed by atoms with E-state index in [0.717, 1.165) is 29.5 Å². The molecule has 1 aromatic heterocycles. The smallest absolute Gasteiger partial charge is 0.161 e. The zero-order valence-corrected chi connectivity index (χ0v) is 11.9. The van der Waals surface area contributed by atoms with Gasteiger partial charge in [0.2, 0.25) is 0 Å². The summed E-state index contributed by atoms with van der Waals surface area (Å²) in [7, 11) is 0. The Morgan fingerprint density at radius 3 is 2.60 bits per heavy atom. The van der Waals surface area contributed by atoms with Crippen LogP contribution in [0.1, 0.15) is 18.4 Å². The highest BCUT2D eigenvalue weighted by Crippen LogP contribution is 2.25. The van der Waals surface area contributed by atoms with Crippen molar-refractivity contribution in [3.63, 3.8) is 0 Å². The number of hydrogen-bond donors (Lipinski definition) is 1. The molecule has 0 atom stereocenters. The number of aryl methyl sites for hydroxylation is 1. The maximum Gasteiger partial charge on any atom is 0.161 e. The van der Waals surface area contributed by atoms with Gasteiger partial charge in [-0.2, -0.15) is 0 Å². The number of hydrogen-bond acceptors (Lipinski definition) is 5. The topological polar surface area (TPSA) is 56.5 Å². The van der Waals surface area contributed by atoms with Crippen LogP contribution in [0.25, 0.3) is 0 Å². The van der Waals surface area contributed by atoms with Crippen molar-refractivity contribution < 1.29 is 14.0 Å². The highest BCUT2D eigenvalue weighted by atomic mass is 16.5. The van der Waals surface area contributed by atoms with E-state index in [-0.39, 0.29) is 0 Å². The second-order valence-corrected chi connectivity index (χ2v) is 4.34. The first kappa shape index (κ1) is 14.4. The minimum Gasteiger partial charge on any atom is -0.490 e. The molecule has 0 saturated heterocycles. The summed E-state index contributed by atoms with van der Waals surface area (Å²) in [4.78, 5) is 0. The van der Waals surface area contributed by atoms with Crippen LogP contribution >= 0.6 is 0 Å². The first-order chi connectivity index (χ1) is 9.79. The van der Waals surface area contributed by atoms with E-state index in [1.807, 2.05) is 44.2 Å². The molecule has 0 saturated carbocycles. The van der Waals surface area contributed by atoms with E-state index in [1.54, 1.807) is 0 Å². The molecule has 1 N–H and O–H groups in total. The summed E-state index contributed by atoms with van der Waals surface area (Å²) >= 11 is 0. The van der Waals surface area contributed by atoms with Crippen molar-refractivity contribution in [1.29, 1.82) is 0 Å². The standard InChI is InChI=1S/C15H20N2O3/c1-3-18-14-6-4-5-7-15(14)19-9-8-16-11-13-10-12(2)17-20-13/h4-7,10,16H,3,8-9,11H2,1-2H3. The fourth-order valence-electron chi connectivity index (χ4n) is 1.79. The molecule has 2 aromatic rings. The quantitative estimate of drug-likeness (QED) is 0.751. The summed E-state index contributed by atoms with van der Waals surface area (Å²) in [6.07, 6.45) is 0. The van der Waals surface area contributed by atoms with Crippen LogP contribution in [0.5, 0.6) is 11.5 Å². The van der Waals surface area contributed by atoms with E-state index >= 15 is 0 Å². The third-order valence-corrected chi connectivity index (χ3v) is 2.66. The van der Waals surface area contributed by atoms with Crippen molar-refractivity contribution in [2.45, 2.75) is 20.4 Å². The van der Waals surface area contributed by atoms with Crippen molar-refractivity contribution >= 4 is 0 Å². The molecule has 0 spiro atoms. The van der Waals surface area contributed by atoms with Gasteiger partial charge in [-0.25, -0.2) is 0 Å². The summed E-state index contributed by atoms with van der Waals surface area (Å²) in [6.45, 7) is 6.43. The van der Waals surface area contributed by atoms with E-state index in [9.17, 15) is 0 Å². The Morgan fingerprint density at radius 2 is 1.95 bits per heavy atom. The Kier molecular flexibility index (Phi) is 5.43. The molecule has 0 radical (unpaired) electrons. The molecule has 20 heavy (non-hydrogen) atoms. The Morgan fingerprint density at radius 1 is 1.20 bits per heavy atom. The predicted molar refractivity (Wildman–Crippen MR) is 76.1 cm³/mol. The van der Waals surface area contributed by atoms with Crippen LogP contribution < -0.4 is 14.8 Å². The number of rotatable bonds is 8. The zero-order valence-electron chi connectivity index (χ0n) is 11.9. The maximum absolute atomic E-state index is 5.70. The lowest BCUT2D eigenvalue weighted by Crippen LogP contribution is -2.20. The molecular formula is C15H20N2O3. The third kappa shape index (κ3) is 4.28. The second-order valence-electron chi connectivity index (χ2n) is 4.34. The van der Waals surface area contributed by atoms with Gasteiger partial charge in [0.25, 0.3) is 0 Å². The number of aromatic nitrogens is 1. The highest BCUT2D eigenvalue weighted by molar-refractivity contribution is 5.39. The number of ether oxygens (including phenoxy) is 2. The van der Waals surface area contributed by atoms with Gasteiger partial charge in [0.1, 0.15) is 6.61 Å². The Labute approximate surface area is 118 Å². The van der Waals surface area contributed by atoms with Crippen LogP contribution in [-0.2, 0) is 6.54 Å². The lowest BCUT2D eigenvalue weighted by molar-refractivity contribution is 0.273. The van der Waals surface area contributed by atoms with Gasteiger partial charge in [-0.3, -0.25) is 0 Å². The molecular weight excluding hydrogens is 256 g/mol. The fourth-order valence-corrected chi connectivity index (χ4v) is 1.79. The lowest BCUT2D eigenvalue weighted by atomic mass is 10.3. The molecule has 108 valence electrons. The van der Waals surface area contributed by atoms with Crippen LogP contribution in [0.2, 0.25) is 0 Å². The average molecular weight is 276 g/mol. The fraction of sp³-hybridized carbons (Fsp3) is 0.400. The molecule has 0 fully saturated rings. The van der Waals surface area contributed by atoms with E-state index in [1.165, 1.54) is 0 Å². The summed E-state index contributed by atoms with van der Waals surface area (Å²) < 4.78 is 16.3. The van der Waals surface area contributed by atoms with Crippen LogP contribution in [-0.4, -0.2) is 24.9 Å². The molecule has 1 aromatic carbocycles. The lowest BCUT2D eigenvalue weighted by Gasteiger charge is -2.11. The molecule has 0 bridgehead atoms. The summed E-state index contributed by atoms with van der Waals surface area (Å²) in [5, 5.41) is 7.07. The summed E-state index contributed by atoms with van der Waals surface area (Å²) in [6, 6.07) is 9.59. The first-order valence-corrected chi connectivity index (χ1v) is 6.77. The largest absolute Gasteiger partial charge is 0.490 e. The van der Waals surface area contributed by atoms with Gasteiger partial charge in [-0.15, -0.1) is 0 Å². The Bertz CT molecular complexity index is 525. The van der Waals surface area contributed by atoms with Gasteiger partial charge in [-0.05, 0) is 26.0 Å². The number of nitrogens with one attached hydrogen (secondary N) is 1. The van der Waals surface area contributed by atoms with Crippen molar-refractivity contribution in [3.05, 3.63) is 41.8 Å². The molecule has 0 unspecified atom stereocenters. The molecule has 0 aliphatic carbocycles. The van der Waals surface area contributed by atoms with Gasteiger partial charge in [0.05, 0.1) is 18.8 Å². The minimum absolute atomic E-state index is 0.567. The molecule has 5 heteroatoms. The first-order valence-electron chi connectivity index (χ1n) is 6.77. The Hall–Kier alpha value is -2.01. The van der Waals surface area contributed by atoms with Crippen molar-refractivity contribution in [1.82, 2.24) is 10.5 Å². The van der Waals surface area contributed by atoms with E-state index in [4.69, 9.17) is 14.0 Å². The molecule has 1 heterocycles. The van der Waals surface area contributed by atoms with Crippen LogP contribution in [0.3, 0.4) is 0 Å². The van der Waals surface area contributed by atoms with Crippen LogP contribution in [0.4, 0.5) is 0 Å². The molecule has 0 aliphatic rings. The van der Waals surface area contributed by atoms with Gasteiger partial charge in [-0.1, -0.05) is 17.3 Å². The monoisotopic (exact) mass is 276 g/mol. The van der Waals surface area contributed by atoms with Gasteiger partial charge in [0, 0.05) is 12.6 Å². The molecule has 2 rings (SSSR count). The van der Waals surface area contributed by atoms with Crippen LogP contribution in [0, 0.1) is 6.92 Å². The number of nitrogens with zero attached hydrogens (tertiary/aromatic N) is 1. The highest BCUT2D eigenvalue weighted by Gasteiger charge is 2.03. The number of para-hydroxylation sites is 2. The molecule has 0 aliphatic heterocycles. The Balaban J connectivity index is 1.70. The maximum atomic E-state index is 5.70. The van der Waals surface area contributed by atoms with E-state index in [2.05, 4.69) is 10.5 Å². The summed E-state index contributed by atoms with van der Waals surface area (Å²) in [5.41, 5.74) is 0.892. The van der Waals surface area contributed by atoms with Gasteiger partial charge < -0.3 is 19.3 Å². The zero-order chi connectivity index (χ0) is 14.2. The predicted octanol–water partition coefficient (Wildman–Crippen LogP) is 2.55.